The van der Waals surface area contributed by atoms with Gasteiger partial charge in [-0.15, -0.1) is 0 Å². The largest absolute Gasteiger partial charge is 0.378 e. The number of anilines is 1. The van der Waals surface area contributed by atoms with Crippen molar-refractivity contribution in [3.8, 4) is 11.4 Å². The van der Waals surface area contributed by atoms with Crippen molar-refractivity contribution in [1.29, 1.82) is 0 Å². The number of nitrogens with zero attached hydrogens (tertiary/aromatic N) is 4. The van der Waals surface area contributed by atoms with Gasteiger partial charge in [0.05, 0.1) is 6.21 Å². The van der Waals surface area contributed by atoms with Gasteiger partial charge >= 0.3 is 11.8 Å². The van der Waals surface area contributed by atoms with E-state index in [-0.39, 0.29) is 5.89 Å². The number of amides is 1. The van der Waals surface area contributed by atoms with E-state index >= 15 is 0 Å². The number of rotatable bonds is 5. The topological polar surface area (TPSA) is 83.6 Å². The molecule has 0 spiro atoms. The van der Waals surface area contributed by atoms with Crippen LogP contribution in [0.3, 0.4) is 0 Å². The van der Waals surface area contributed by atoms with Crippen molar-refractivity contribution in [2.45, 2.75) is 6.92 Å². The van der Waals surface area contributed by atoms with Crippen LogP contribution < -0.4 is 10.3 Å². The Labute approximate surface area is 151 Å². The van der Waals surface area contributed by atoms with Gasteiger partial charge in [-0.2, -0.15) is 10.1 Å². The summed E-state index contributed by atoms with van der Waals surface area (Å²) < 4.78 is 5.00. The summed E-state index contributed by atoms with van der Waals surface area (Å²) in [5.41, 5.74) is 6.24. The average Bonchev–Trinajstić information content (AvgIpc) is 3.13. The van der Waals surface area contributed by atoms with E-state index in [1.54, 1.807) is 6.21 Å². The Morgan fingerprint density at radius 3 is 2.46 bits per heavy atom. The molecule has 26 heavy (non-hydrogen) atoms. The second kappa shape index (κ2) is 7.60. The zero-order chi connectivity index (χ0) is 18.5. The summed E-state index contributed by atoms with van der Waals surface area (Å²) in [6, 6.07) is 15.4. The van der Waals surface area contributed by atoms with Gasteiger partial charge in [0.1, 0.15) is 0 Å². The SMILES string of the molecule is Cc1ccc(-c2noc(C(=O)N/N=C/c3ccc(N(C)C)cc3)n2)cc1. The fraction of sp³-hybridized carbons (Fsp3) is 0.158. The first-order valence-electron chi connectivity index (χ1n) is 8.04. The summed E-state index contributed by atoms with van der Waals surface area (Å²) in [4.78, 5) is 18.2. The van der Waals surface area contributed by atoms with Crippen LogP contribution in [0.1, 0.15) is 21.8 Å². The van der Waals surface area contributed by atoms with Gasteiger partial charge in [-0.3, -0.25) is 4.79 Å². The van der Waals surface area contributed by atoms with Crippen molar-refractivity contribution in [1.82, 2.24) is 15.6 Å². The molecule has 0 aliphatic heterocycles. The summed E-state index contributed by atoms with van der Waals surface area (Å²) >= 11 is 0. The molecule has 0 saturated heterocycles. The number of hydrogen-bond donors (Lipinski definition) is 1. The summed E-state index contributed by atoms with van der Waals surface area (Å²) in [6.45, 7) is 1.99. The minimum Gasteiger partial charge on any atom is -0.378 e. The van der Waals surface area contributed by atoms with Crippen molar-refractivity contribution in [2.24, 2.45) is 5.10 Å². The standard InChI is InChI=1S/C19H19N5O2/c1-13-4-8-15(9-5-13)17-21-19(26-23-17)18(25)22-20-12-14-6-10-16(11-7-14)24(2)3/h4-12H,1-3H3,(H,22,25)/b20-12+. The molecule has 0 atom stereocenters. The van der Waals surface area contributed by atoms with Crippen LogP contribution in [-0.2, 0) is 0 Å². The number of aryl methyl sites for hydroxylation is 1. The van der Waals surface area contributed by atoms with Gasteiger partial charge in [0.2, 0.25) is 5.82 Å². The normalized spacial score (nSPS) is 10.9. The second-order valence-electron chi connectivity index (χ2n) is 5.97. The van der Waals surface area contributed by atoms with Gasteiger partial charge in [0, 0.05) is 25.3 Å². The summed E-state index contributed by atoms with van der Waals surface area (Å²) in [5.74, 6) is -0.337. The summed E-state index contributed by atoms with van der Waals surface area (Å²) in [6.07, 6.45) is 1.55. The molecule has 3 aromatic rings. The van der Waals surface area contributed by atoms with Crippen LogP contribution in [0.5, 0.6) is 0 Å². The lowest BCUT2D eigenvalue weighted by Crippen LogP contribution is -2.18. The lowest BCUT2D eigenvalue weighted by atomic mass is 10.1. The average molecular weight is 349 g/mol. The Balaban J connectivity index is 1.62. The molecule has 1 heterocycles. The maximum Gasteiger partial charge on any atom is 0.329 e. The van der Waals surface area contributed by atoms with Crippen LogP contribution in [0.4, 0.5) is 5.69 Å². The van der Waals surface area contributed by atoms with Crippen LogP contribution in [-0.4, -0.2) is 36.4 Å². The lowest BCUT2D eigenvalue weighted by molar-refractivity contribution is 0.0911. The molecule has 0 unspecified atom stereocenters. The highest BCUT2D eigenvalue weighted by Crippen LogP contribution is 2.16. The fourth-order valence-corrected chi connectivity index (χ4v) is 2.21. The molecule has 1 amide bonds. The van der Waals surface area contributed by atoms with Crippen molar-refractivity contribution < 1.29 is 9.32 Å². The molecule has 0 aliphatic rings. The molecule has 0 aliphatic carbocycles. The Bertz CT molecular complexity index is 912. The first-order valence-corrected chi connectivity index (χ1v) is 8.04. The van der Waals surface area contributed by atoms with E-state index in [0.29, 0.717) is 5.82 Å². The van der Waals surface area contributed by atoms with E-state index in [0.717, 1.165) is 22.4 Å². The van der Waals surface area contributed by atoms with Crippen molar-refractivity contribution in [2.75, 3.05) is 19.0 Å². The van der Waals surface area contributed by atoms with Gasteiger partial charge in [-0.05, 0) is 24.6 Å². The molecular weight excluding hydrogens is 330 g/mol. The Kier molecular flexibility index (Phi) is 5.07. The highest BCUT2D eigenvalue weighted by molar-refractivity contribution is 5.91. The number of carbonyl (C=O) groups excluding carboxylic acids is 1. The van der Waals surface area contributed by atoms with E-state index in [2.05, 4.69) is 20.7 Å². The van der Waals surface area contributed by atoms with E-state index in [1.807, 2.05) is 74.4 Å². The fourth-order valence-electron chi connectivity index (χ4n) is 2.21. The van der Waals surface area contributed by atoms with E-state index in [4.69, 9.17) is 4.52 Å². The summed E-state index contributed by atoms with van der Waals surface area (Å²) in [5, 5.41) is 7.75. The van der Waals surface area contributed by atoms with Crippen LogP contribution in [0, 0.1) is 6.92 Å². The summed E-state index contributed by atoms with van der Waals surface area (Å²) in [7, 11) is 3.94. The number of carbonyl (C=O) groups is 1. The molecule has 7 nitrogen and oxygen atoms in total. The Hall–Kier alpha value is -3.48. The van der Waals surface area contributed by atoms with Crippen LogP contribution in [0.25, 0.3) is 11.4 Å². The molecule has 2 aromatic carbocycles. The number of hydrazone groups is 1. The Morgan fingerprint density at radius 1 is 1.12 bits per heavy atom. The van der Waals surface area contributed by atoms with Gasteiger partial charge in [0.15, 0.2) is 0 Å². The third-order valence-electron chi connectivity index (χ3n) is 3.72. The maximum absolute atomic E-state index is 12.0. The van der Waals surface area contributed by atoms with Gasteiger partial charge in [-0.1, -0.05) is 47.1 Å². The smallest absolute Gasteiger partial charge is 0.329 e. The zero-order valence-corrected chi connectivity index (χ0v) is 14.8. The van der Waals surface area contributed by atoms with E-state index < -0.39 is 5.91 Å². The van der Waals surface area contributed by atoms with Crippen LogP contribution in [0.2, 0.25) is 0 Å². The molecular formula is C19H19N5O2. The molecule has 0 radical (unpaired) electrons. The van der Waals surface area contributed by atoms with E-state index in [9.17, 15) is 4.79 Å². The highest BCUT2D eigenvalue weighted by Gasteiger charge is 2.15. The van der Waals surface area contributed by atoms with E-state index in [1.165, 1.54) is 0 Å². The molecule has 3 rings (SSSR count). The van der Waals surface area contributed by atoms with Crippen LogP contribution in [0.15, 0.2) is 58.2 Å². The first-order chi connectivity index (χ1) is 12.5. The first kappa shape index (κ1) is 17.3. The number of nitrogens with one attached hydrogen (secondary N) is 1. The van der Waals surface area contributed by atoms with Crippen LogP contribution >= 0.6 is 0 Å². The molecule has 0 fully saturated rings. The molecule has 0 bridgehead atoms. The molecule has 0 saturated carbocycles. The predicted octanol–water partition coefficient (Wildman–Crippen LogP) is 2.87. The van der Waals surface area contributed by atoms with Crippen molar-refractivity contribution in [3.05, 3.63) is 65.5 Å². The molecule has 132 valence electrons. The quantitative estimate of drug-likeness (QED) is 0.566. The molecule has 1 aromatic heterocycles. The number of hydrogen-bond acceptors (Lipinski definition) is 6. The zero-order valence-electron chi connectivity index (χ0n) is 14.8. The Morgan fingerprint density at radius 2 is 1.81 bits per heavy atom. The molecule has 7 heteroatoms. The third-order valence-corrected chi connectivity index (χ3v) is 3.72. The predicted molar refractivity (Wildman–Crippen MR) is 100 cm³/mol. The monoisotopic (exact) mass is 349 g/mol. The van der Waals surface area contributed by atoms with Gasteiger partial charge in [-0.25, -0.2) is 5.43 Å². The minimum absolute atomic E-state index is 0.138. The second-order valence-corrected chi connectivity index (χ2v) is 5.97. The van der Waals surface area contributed by atoms with Gasteiger partial charge in [0.25, 0.3) is 0 Å². The van der Waals surface area contributed by atoms with Crippen molar-refractivity contribution in [3.63, 3.8) is 0 Å². The molecule has 1 N–H and O–H groups in total. The third kappa shape index (κ3) is 4.13. The minimum atomic E-state index is -0.558. The number of benzene rings is 2. The highest BCUT2D eigenvalue weighted by atomic mass is 16.5. The maximum atomic E-state index is 12.0. The number of aromatic nitrogens is 2. The lowest BCUT2D eigenvalue weighted by Gasteiger charge is -2.11. The van der Waals surface area contributed by atoms with Crippen molar-refractivity contribution >= 4 is 17.8 Å². The van der Waals surface area contributed by atoms with Gasteiger partial charge < -0.3 is 9.42 Å².